The Kier molecular flexibility index (Phi) is 4.45. The van der Waals surface area contributed by atoms with E-state index in [1.807, 2.05) is 36.6 Å². The van der Waals surface area contributed by atoms with E-state index in [9.17, 15) is 9.90 Å². The Labute approximate surface area is 137 Å². The first-order valence-electron chi connectivity index (χ1n) is 7.39. The number of thiophene rings is 1. The Morgan fingerprint density at radius 3 is 2.91 bits per heavy atom. The fourth-order valence-corrected chi connectivity index (χ4v) is 3.56. The molecule has 2 N–H and O–H groups in total. The molecule has 6 heteroatoms. The molecular formula is C17H18N2O3S. The minimum Gasteiger partial charge on any atom is -0.387 e. The summed E-state index contributed by atoms with van der Waals surface area (Å²) in [6, 6.07) is 7.92. The number of aliphatic hydroxyl groups excluding tert-OH is 1. The highest BCUT2D eigenvalue weighted by Crippen LogP contribution is 2.29. The Morgan fingerprint density at radius 1 is 1.39 bits per heavy atom. The second-order valence-corrected chi connectivity index (χ2v) is 6.40. The lowest BCUT2D eigenvalue weighted by Crippen LogP contribution is -2.29. The molecule has 2 aromatic heterocycles. The summed E-state index contributed by atoms with van der Waals surface area (Å²) in [6.07, 6.45) is -0.516. The zero-order chi connectivity index (χ0) is 16.4. The van der Waals surface area contributed by atoms with Gasteiger partial charge in [0.2, 0.25) is 5.91 Å². The number of amides is 1. The highest BCUT2D eigenvalue weighted by molar-refractivity contribution is 7.17. The second-order valence-electron chi connectivity index (χ2n) is 5.49. The highest BCUT2D eigenvalue weighted by Gasteiger charge is 2.16. The van der Waals surface area contributed by atoms with Crippen molar-refractivity contribution in [3.05, 3.63) is 52.2 Å². The van der Waals surface area contributed by atoms with Crippen molar-refractivity contribution in [1.29, 1.82) is 0 Å². The summed E-state index contributed by atoms with van der Waals surface area (Å²) in [4.78, 5) is 12.1. The van der Waals surface area contributed by atoms with Crippen molar-refractivity contribution in [3.63, 3.8) is 0 Å². The molecular weight excluding hydrogens is 312 g/mol. The molecule has 1 aromatic carbocycles. The lowest BCUT2D eigenvalue weighted by Gasteiger charge is -2.11. The molecule has 3 rings (SSSR count). The summed E-state index contributed by atoms with van der Waals surface area (Å²) in [5.74, 6) is 0.500. The van der Waals surface area contributed by atoms with Crippen LogP contribution in [0.2, 0.25) is 0 Å². The fraction of sp³-hybridized carbons (Fsp3) is 0.294. The standard InChI is InChI=1S/C17H18N2O3S/c1-10-13(11(2)22-19-10)7-17(21)18-8-15(20)14-9-23-16-6-4-3-5-12(14)16/h3-6,9,15,20H,7-8H2,1-2H3,(H,18,21). The number of hydrogen-bond donors (Lipinski definition) is 2. The topological polar surface area (TPSA) is 75.4 Å². The van der Waals surface area contributed by atoms with Gasteiger partial charge in [-0.2, -0.15) is 0 Å². The third-order valence-electron chi connectivity index (χ3n) is 3.88. The number of carbonyl (C=O) groups excluding carboxylic acids is 1. The van der Waals surface area contributed by atoms with E-state index in [4.69, 9.17) is 4.52 Å². The van der Waals surface area contributed by atoms with E-state index >= 15 is 0 Å². The van der Waals surface area contributed by atoms with E-state index in [1.54, 1.807) is 18.3 Å². The van der Waals surface area contributed by atoms with Gasteiger partial charge in [-0.1, -0.05) is 23.4 Å². The van der Waals surface area contributed by atoms with E-state index in [1.165, 1.54) is 0 Å². The monoisotopic (exact) mass is 330 g/mol. The van der Waals surface area contributed by atoms with Crippen molar-refractivity contribution < 1.29 is 14.4 Å². The van der Waals surface area contributed by atoms with Gasteiger partial charge in [-0.05, 0) is 30.7 Å². The molecule has 0 spiro atoms. The molecule has 0 bridgehead atoms. The SMILES string of the molecule is Cc1noc(C)c1CC(=O)NCC(O)c1csc2ccccc12. The highest BCUT2D eigenvalue weighted by atomic mass is 32.1. The van der Waals surface area contributed by atoms with Crippen LogP contribution in [-0.2, 0) is 11.2 Å². The third-order valence-corrected chi connectivity index (χ3v) is 4.86. The van der Waals surface area contributed by atoms with E-state index in [0.717, 1.165) is 26.9 Å². The first kappa shape index (κ1) is 15.7. The zero-order valence-electron chi connectivity index (χ0n) is 13.0. The van der Waals surface area contributed by atoms with Gasteiger partial charge in [0.25, 0.3) is 0 Å². The molecule has 120 valence electrons. The van der Waals surface area contributed by atoms with Crippen LogP contribution in [0.4, 0.5) is 0 Å². The molecule has 3 aromatic rings. The van der Waals surface area contributed by atoms with Gasteiger partial charge < -0.3 is 14.9 Å². The van der Waals surface area contributed by atoms with Crippen molar-refractivity contribution in [2.24, 2.45) is 0 Å². The molecule has 2 heterocycles. The van der Waals surface area contributed by atoms with Gasteiger partial charge in [-0.15, -0.1) is 11.3 Å². The summed E-state index contributed by atoms with van der Waals surface area (Å²) in [6.45, 7) is 3.78. The van der Waals surface area contributed by atoms with Crippen LogP contribution in [0.15, 0.2) is 34.2 Å². The van der Waals surface area contributed by atoms with Crippen LogP contribution in [0.5, 0.6) is 0 Å². The number of nitrogens with one attached hydrogen (secondary N) is 1. The molecule has 0 aliphatic carbocycles. The van der Waals surface area contributed by atoms with E-state index < -0.39 is 6.10 Å². The minimum absolute atomic E-state index is 0.155. The summed E-state index contributed by atoms with van der Waals surface area (Å²) >= 11 is 1.59. The lowest BCUT2D eigenvalue weighted by molar-refractivity contribution is -0.120. The van der Waals surface area contributed by atoms with Gasteiger partial charge in [0.1, 0.15) is 5.76 Å². The van der Waals surface area contributed by atoms with Crippen LogP contribution in [-0.4, -0.2) is 22.7 Å². The van der Waals surface area contributed by atoms with Crippen molar-refractivity contribution in [3.8, 4) is 0 Å². The Bertz CT molecular complexity index is 818. The molecule has 0 aliphatic heterocycles. The van der Waals surface area contributed by atoms with Crippen molar-refractivity contribution >= 4 is 27.3 Å². The number of aliphatic hydroxyl groups is 1. The van der Waals surface area contributed by atoms with Crippen molar-refractivity contribution in [2.45, 2.75) is 26.4 Å². The maximum atomic E-state index is 12.1. The first-order valence-corrected chi connectivity index (χ1v) is 8.27. The predicted molar refractivity (Wildman–Crippen MR) is 89.5 cm³/mol. The van der Waals surface area contributed by atoms with Crippen LogP contribution in [0, 0.1) is 13.8 Å². The van der Waals surface area contributed by atoms with Crippen LogP contribution in [0.25, 0.3) is 10.1 Å². The molecule has 23 heavy (non-hydrogen) atoms. The van der Waals surface area contributed by atoms with Crippen LogP contribution in [0.1, 0.15) is 28.7 Å². The summed E-state index contributed by atoms with van der Waals surface area (Å²) in [5.41, 5.74) is 2.38. The predicted octanol–water partition coefficient (Wildman–Crippen LogP) is 2.90. The Hall–Kier alpha value is -2.18. The largest absolute Gasteiger partial charge is 0.387 e. The van der Waals surface area contributed by atoms with Crippen molar-refractivity contribution in [2.75, 3.05) is 6.54 Å². The second kappa shape index (κ2) is 6.52. The molecule has 5 nitrogen and oxygen atoms in total. The number of carbonyl (C=O) groups is 1. The van der Waals surface area contributed by atoms with E-state index in [2.05, 4.69) is 10.5 Å². The number of fused-ring (bicyclic) bond motifs is 1. The summed E-state index contributed by atoms with van der Waals surface area (Å²) in [5, 5.41) is 19.9. The quantitative estimate of drug-likeness (QED) is 0.754. The number of aryl methyl sites for hydroxylation is 2. The average Bonchev–Trinajstić information content (AvgIpc) is 3.11. The van der Waals surface area contributed by atoms with Crippen LogP contribution in [0.3, 0.4) is 0 Å². The lowest BCUT2D eigenvalue weighted by atomic mass is 10.1. The molecule has 0 aliphatic rings. The first-order chi connectivity index (χ1) is 11.1. The van der Waals surface area contributed by atoms with Crippen molar-refractivity contribution in [1.82, 2.24) is 10.5 Å². The molecule has 1 atom stereocenters. The normalized spacial score (nSPS) is 12.5. The third kappa shape index (κ3) is 3.28. The smallest absolute Gasteiger partial charge is 0.224 e. The number of nitrogens with zero attached hydrogens (tertiary/aromatic N) is 1. The van der Waals surface area contributed by atoms with Gasteiger partial charge >= 0.3 is 0 Å². The maximum absolute atomic E-state index is 12.1. The molecule has 0 saturated carbocycles. The molecule has 0 fully saturated rings. The molecule has 1 unspecified atom stereocenters. The van der Waals surface area contributed by atoms with Gasteiger partial charge in [0, 0.05) is 22.4 Å². The van der Waals surface area contributed by atoms with Crippen LogP contribution >= 0.6 is 11.3 Å². The number of aromatic nitrogens is 1. The van der Waals surface area contributed by atoms with Gasteiger partial charge in [0.05, 0.1) is 18.2 Å². The van der Waals surface area contributed by atoms with Crippen LogP contribution < -0.4 is 5.32 Å². The van der Waals surface area contributed by atoms with E-state index in [0.29, 0.717) is 5.76 Å². The maximum Gasteiger partial charge on any atom is 0.224 e. The summed E-state index contributed by atoms with van der Waals surface area (Å²) < 4.78 is 6.18. The zero-order valence-corrected chi connectivity index (χ0v) is 13.8. The van der Waals surface area contributed by atoms with Gasteiger partial charge in [-0.25, -0.2) is 0 Å². The number of benzene rings is 1. The minimum atomic E-state index is -0.722. The Balaban J connectivity index is 1.62. The fourth-order valence-electron chi connectivity index (χ4n) is 2.55. The number of rotatable bonds is 5. The average molecular weight is 330 g/mol. The summed E-state index contributed by atoms with van der Waals surface area (Å²) in [7, 11) is 0. The number of hydrogen-bond acceptors (Lipinski definition) is 5. The van der Waals surface area contributed by atoms with E-state index in [-0.39, 0.29) is 18.9 Å². The van der Waals surface area contributed by atoms with Gasteiger partial charge in [-0.3, -0.25) is 4.79 Å². The van der Waals surface area contributed by atoms with Gasteiger partial charge in [0.15, 0.2) is 0 Å². The Morgan fingerprint density at radius 2 is 2.17 bits per heavy atom. The molecule has 0 radical (unpaired) electrons. The molecule has 0 saturated heterocycles. The molecule has 1 amide bonds.